The molecule has 3 rings (SSSR count). The summed E-state index contributed by atoms with van der Waals surface area (Å²) in [5, 5.41) is 5.32. The van der Waals surface area contributed by atoms with Crippen molar-refractivity contribution in [2.75, 3.05) is 5.32 Å². The van der Waals surface area contributed by atoms with Crippen molar-refractivity contribution in [3.8, 4) is 0 Å². The SMILES string of the molecule is S=C1Nc2cc(Cl)ccc2Sc2nccn21. The molecule has 1 aliphatic heterocycles. The number of aromatic nitrogens is 2. The van der Waals surface area contributed by atoms with E-state index in [0.29, 0.717) is 10.1 Å². The molecule has 16 heavy (non-hydrogen) atoms. The van der Waals surface area contributed by atoms with Crippen LogP contribution in [0.25, 0.3) is 0 Å². The van der Waals surface area contributed by atoms with E-state index >= 15 is 0 Å². The van der Waals surface area contributed by atoms with Crippen molar-refractivity contribution in [2.24, 2.45) is 0 Å². The van der Waals surface area contributed by atoms with E-state index in [2.05, 4.69) is 10.3 Å². The molecule has 1 N–H and O–H groups in total. The number of fused-ring (bicyclic) bond motifs is 2. The number of rotatable bonds is 0. The minimum Gasteiger partial charge on any atom is -0.331 e. The summed E-state index contributed by atoms with van der Waals surface area (Å²) in [6, 6.07) is 5.68. The van der Waals surface area contributed by atoms with Crippen LogP contribution in [0.4, 0.5) is 5.69 Å². The molecule has 1 aromatic heterocycles. The first kappa shape index (κ1) is 10.1. The summed E-state index contributed by atoms with van der Waals surface area (Å²) >= 11 is 12.8. The molecule has 1 aliphatic rings. The highest BCUT2D eigenvalue weighted by atomic mass is 35.5. The second-order valence-corrected chi connectivity index (χ2v) is 5.08. The van der Waals surface area contributed by atoms with Crippen molar-refractivity contribution in [3.63, 3.8) is 0 Å². The third-order valence-electron chi connectivity index (χ3n) is 2.21. The number of benzene rings is 1. The van der Waals surface area contributed by atoms with Gasteiger partial charge in [0, 0.05) is 22.3 Å². The Morgan fingerprint density at radius 3 is 3.19 bits per heavy atom. The lowest BCUT2D eigenvalue weighted by Gasteiger charge is -2.07. The second-order valence-electron chi connectivity index (χ2n) is 3.25. The van der Waals surface area contributed by atoms with E-state index in [0.717, 1.165) is 15.7 Å². The van der Waals surface area contributed by atoms with Crippen LogP contribution in [0.1, 0.15) is 0 Å². The molecule has 1 aromatic carbocycles. The van der Waals surface area contributed by atoms with Crippen LogP contribution in [0.2, 0.25) is 5.02 Å². The number of nitrogens with one attached hydrogen (secondary N) is 1. The van der Waals surface area contributed by atoms with Crippen molar-refractivity contribution >= 4 is 46.4 Å². The van der Waals surface area contributed by atoms with E-state index < -0.39 is 0 Å². The summed E-state index contributed by atoms with van der Waals surface area (Å²) in [6.07, 6.45) is 3.57. The summed E-state index contributed by atoms with van der Waals surface area (Å²) in [5.74, 6) is 0. The van der Waals surface area contributed by atoms with Crippen LogP contribution >= 0.6 is 35.6 Å². The number of halogens is 1. The molecule has 0 radical (unpaired) electrons. The number of nitrogens with zero attached hydrogens (tertiary/aromatic N) is 2. The van der Waals surface area contributed by atoms with Gasteiger partial charge >= 0.3 is 0 Å². The van der Waals surface area contributed by atoms with Crippen molar-refractivity contribution in [3.05, 3.63) is 35.6 Å². The molecule has 0 aliphatic carbocycles. The van der Waals surface area contributed by atoms with Gasteiger partial charge in [0.2, 0.25) is 0 Å². The average molecular weight is 268 g/mol. The van der Waals surface area contributed by atoms with Crippen molar-refractivity contribution < 1.29 is 0 Å². The molecule has 80 valence electrons. The molecule has 2 heterocycles. The Balaban J connectivity index is 2.16. The maximum Gasteiger partial charge on any atom is 0.183 e. The summed E-state index contributed by atoms with van der Waals surface area (Å²) in [6.45, 7) is 0. The average Bonchev–Trinajstić information content (AvgIpc) is 2.65. The van der Waals surface area contributed by atoms with Crippen LogP contribution in [0.5, 0.6) is 0 Å². The van der Waals surface area contributed by atoms with E-state index in [1.807, 2.05) is 29.0 Å². The summed E-state index contributed by atoms with van der Waals surface area (Å²) in [4.78, 5) is 5.32. The van der Waals surface area contributed by atoms with E-state index in [9.17, 15) is 0 Å². The van der Waals surface area contributed by atoms with Gasteiger partial charge < -0.3 is 5.32 Å². The molecule has 0 saturated heterocycles. The molecule has 0 atom stereocenters. The fraction of sp³-hybridized carbons (Fsp3) is 0. The zero-order valence-electron chi connectivity index (χ0n) is 7.98. The highest BCUT2D eigenvalue weighted by Crippen LogP contribution is 2.36. The smallest absolute Gasteiger partial charge is 0.183 e. The Morgan fingerprint density at radius 2 is 2.31 bits per heavy atom. The third-order valence-corrected chi connectivity index (χ3v) is 3.80. The number of anilines is 1. The summed E-state index contributed by atoms with van der Waals surface area (Å²) in [5.41, 5.74) is 0.924. The van der Waals surface area contributed by atoms with Crippen LogP contribution in [-0.4, -0.2) is 14.7 Å². The Hall–Kier alpha value is -1.04. The van der Waals surface area contributed by atoms with Gasteiger partial charge in [-0.3, -0.25) is 4.57 Å². The minimum absolute atomic E-state index is 0.612. The minimum atomic E-state index is 0.612. The van der Waals surface area contributed by atoms with E-state index in [-0.39, 0.29) is 0 Å². The standard InChI is InChI=1S/C10H6ClN3S2/c11-6-1-2-8-7(5-6)13-9(15)14-4-3-12-10(14)16-8/h1-5H,(H,13,15). The molecule has 0 unspecified atom stereocenters. The quantitative estimate of drug-likeness (QED) is 0.742. The second kappa shape index (κ2) is 3.76. The van der Waals surface area contributed by atoms with Gasteiger partial charge in [-0.1, -0.05) is 11.6 Å². The maximum absolute atomic E-state index is 5.95. The predicted molar refractivity (Wildman–Crippen MR) is 69.4 cm³/mol. The van der Waals surface area contributed by atoms with Gasteiger partial charge in [0.25, 0.3) is 0 Å². The fourth-order valence-electron chi connectivity index (χ4n) is 1.48. The van der Waals surface area contributed by atoms with E-state index in [1.54, 1.807) is 18.0 Å². The largest absolute Gasteiger partial charge is 0.331 e. The first-order valence-corrected chi connectivity index (χ1v) is 6.16. The molecule has 2 aromatic rings. The molecular weight excluding hydrogens is 262 g/mol. The molecule has 3 nitrogen and oxygen atoms in total. The van der Waals surface area contributed by atoms with Gasteiger partial charge in [0.05, 0.1) is 5.69 Å². The lowest BCUT2D eigenvalue weighted by molar-refractivity contribution is 0.958. The van der Waals surface area contributed by atoms with Gasteiger partial charge in [0.15, 0.2) is 10.3 Å². The molecule has 0 saturated carbocycles. The number of thiocarbonyl (C=S) groups is 1. The van der Waals surface area contributed by atoms with Gasteiger partial charge in [-0.2, -0.15) is 0 Å². The van der Waals surface area contributed by atoms with Crippen LogP contribution < -0.4 is 5.32 Å². The first-order chi connectivity index (χ1) is 7.74. The Bertz CT molecular complexity index is 579. The molecule has 6 heteroatoms. The number of imidazole rings is 1. The van der Waals surface area contributed by atoms with Gasteiger partial charge in [-0.05, 0) is 42.2 Å². The first-order valence-electron chi connectivity index (χ1n) is 4.56. The van der Waals surface area contributed by atoms with E-state index in [1.165, 1.54) is 0 Å². The molecule has 0 fully saturated rings. The normalized spacial score (nSPS) is 13.7. The van der Waals surface area contributed by atoms with E-state index in [4.69, 9.17) is 23.8 Å². The van der Waals surface area contributed by atoms with Gasteiger partial charge in [-0.25, -0.2) is 4.98 Å². The van der Waals surface area contributed by atoms with Gasteiger partial charge in [0.1, 0.15) is 0 Å². The topological polar surface area (TPSA) is 29.9 Å². The van der Waals surface area contributed by atoms with Crippen molar-refractivity contribution in [2.45, 2.75) is 10.1 Å². The summed E-state index contributed by atoms with van der Waals surface area (Å²) in [7, 11) is 0. The van der Waals surface area contributed by atoms with Crippen LogP contribution in [0, 0.1) is 0 Å². The zero-order valence-corrected chi connectivity index (χ0v) is 10.4. The predicted octanol–water partition coefficient (Wildman–Crippen LogP) is 3.25. The molecular formula is C10H6ClN3S2. The van der Waals surface area contributed by atoms with Crippen LogP contribution in [-0.2, 0) is 0 Å². The maximum atomic E-state index is 5.95. The molecule has 0 bridgehead atoms. The van der Waals surface area contributed by atoms with Gasteiger partial charge in [-0.15, -0.1) is 0 Å². The van der Waals surface area contributed by atoms with Crippen molar-refractivity contribution in [1.82, 2.24) is 9.55 Å². The fourth-order valence-corrected chi connectivity index (χ4v) is 2.89. The highest BCUT2D eigenvalue weighted by Gasteiger charge is 2.17. The highest BCUT2D eigenvalue weighted by molar-refractivity contribution is 7.99. The lowest BCUT2D eigenvalue weighted by Crippen LogP contribution is -2.17. The monoisotopic (exact) mass is 267 g/mol. The molecule has 0 spiro atoms. The lowest BCUT2D eigenvalue weighted by atomic mass is 10.3. The summed E-state index contributed by atoms with van der Waals surface area (Å²) < 4.78 is 1.84. The third kappa shape index (κ3) is 1.61. The Kier molecular flexibility index (Phi) is 2.38. The Morgan fingerprint density at radius 1 is 1.44 bits per heavy atom. The van der Waals surface area contributed by atoms with Crippen LogP contribution in [0.15, 0.2) is 40.6 Å². The number of hydrogen-bond acceptors (Lipinski definition) is 3. The number of hydrogen-bond donors (Lipinski definition) is 1. The zero-order chi connectivity index (χ0) is 11.1. The Labute approximate surface area is 107 Å². The van der Waals surface area contributed by atoms with Crippen LogP contribution in [0.3, 0.4) is 0 Å². The van der Waals surface area contributed by atoms with Crippen molar-refractivity contribution in [1.29, 1.82) is 0 Å². The molecule has 0 amide bonds.